The fourth-order valence-corrected chi connectivity index (χ4v) is 3.64. The monoisotopic (exact) mass is 326 g/mol. The lowest BCUT2D eigenvalue weighted by Crippen LogP contribution is -2.44. The summed E-state index contributed by atoms with van der Waals surface area (Å²) in [6.45, 7) is 3.29. The molecule has 1 amide bonds. The number of likely N-dealkylation sites (tertiary alicyclic amines) is 1. The van der Waals surface area contributed by atoms with Gasteiger partial charge >= 0.3 is 0 Å². The molecule has 0 bridgehead atoms. The van der Waals surface area contributed by atoms with E-state index in [-0.39, 0.29) is 11.8 Å². The van der Waals surface area contributed by atoms with E-state index in [9.17, 15) is 9.90 Å². The third kappa shape index (κ3) is 2.60. The van der Waals surface area contributed by atoms with Gasteiger partial charge in [0, 0.05) is 25.2 Å². The first-order valence-electron chi connectivity index (χ1n) is 8.56. The Balaban J connectivity index is 1.55. The maximum Gasteiger partial charge on any atom is 0.257 e. The summed E-state index contributed by atoms with van der Waals surface area (Å²) in [5.74, 6) is 0.919. The van der Waals surface area contributed by atoms with Crippen LogP contribution in [0.25, 0.3) is 5.82 Å². The van der Waals surface area contributed by atoms with Crippen molar-refractivity contribution in [2.24, 2.45) is 5.92 Å². The molecule has 6 heteroatoms. The highest BCUT2D eigenvalue weighted by Crippen LogP contribution is 2.45. The van der Waals surface area contributed by atoms with Gasteiger partial charge in [0.05, 0.1) is 23.1 Å². The molecule has 1 unspecified atom stereocenters. The zero-order valence-corrected chi connectivity index (χ0v) is 13.9. The first kappa shape index (κ1) is 15.3. The van der Waals surface area contributed by atoms with Crippen molar-refractivity contribution in [2.75, 3.05) is 13.1 Å². The van der Waals surface area contributed by atoms with Gasteiger partial charge in [-0.2, -0.15) is 5.10 Å². The number of nitrogens with zero attached hydrogens (tertiary/aromatic N) is 4. The van der Waals surface area contributed by atoms with Crippen LogP contribution < -0.4 is 0 Å². The molecule has 0 radical (unpaired) electrons. The molecule has 6 nitrogen and oxygen atoms in total. The largest absolute Gasteiger partial charge is 0.390 e. The van der Waals surface area contributed by atoms with Crippen LogP contribution in [-0.2, 0) is 0 Å². The Labute approximate surface area is 141 Å². The Morgan fingerprint density at radius 1 is 1.38 bits per heavy atom. The first-order chi connectivity index (χ1) is 11.6. The predicted octanol–water partition coefficient (Wildman–Crippen LogP) is 1.95. The van der Waals surface area contributed by atoms with E-state index in [2.05, 4.69) is 10.1 Å². The maximum absolute atomic E-state index is 12.9. The molecule has 1 saturated carbocycles. The summed E-state index contributed by atoms with van der Waals surface area (Å²) in [5, 5.41) is 14.7. The highest BCUT2D eigenvalue weighted by Gasteiger charge is 2.49. The molecule has 2 aromatic rings. The second-order valence-corrected chi connectivity index (χ2v) is 6.94. The highest BCUT2D eigenvalue weighted by atomic mass is 16.3. The van der Waals surface area contributed by atoms with E-state index in [1.165, 1.54) is 0 Å². The van der Waals surface area contributed by atoms with Gasteiger partial charge in [0.15, 0.2) is 5.82 Å². The lowest BCUT2D eigenvalue weighted by atomic mass is 9.90. The minimum Gasteiger partial charge on any atom is -0.390 e. The Bertz CT molecular complexity index is 752. The number of aromatic nitrogens is 3. The van der Waals surface area contributed by atoms with Crippen LogP contribution in [0.2, 0.25) is 0 Å². The number of amides is 1. The first-order valence-corrected chi connectivity index (χ1v) is 8.56. The van der Waals surface area contributed by atoms with E-state index in [1.54, 1.807) is 17.1 Å². The summed E-state index contributed by atoms with van der Waals surface area (Å²) in [6.07, 6.45) is 7.04. The zero-order valence-electron chi connectivity index (χ0n) is 13.9. The Hall–Kier alpha value is -2.21. The topological polar surface area (TPSA) is 71.2 Å². The molecule has 1 saturated heterocycles. The number of rotatable bonds is 3. The van der Waals surface area contributed by atoms with Gasteiger partial charge in [0.1, 0.15) is 0 Å². The average molecular weight is 326 g/mol. The Kier molecular flexibility index (Phi) is 3.64. The average Bonchev–Trinajstić information content (AvgIpc) is 3.26. The van der Waals surface area contributed by atoms with Crippen LogP contribution in [0.1, 0.15) is 41.7 Å². The molecule has 2 aromatic heterocycles. The summed E-state index contributed by atoms with van der Waals surface area (Å²) in [6, 6.07) is 5.62. The van der Waals surface area contributed by atoms with Gasteiger partial charge in [-0.1, -0.05) is 6.07 Å². The SMILES string of the molecule is Cc1c(C(=O)N2CCCC(C3(O)CC3)C2)cnn1-c1ccccn1. The van der Waals surface area contributed by atoms with Crippen molar-refractivity contribution in [2.45, 2.75) is 38.2 Å². The summed E-state index contributed by atoms with van der Waals surface area (Å²) in [4.78, 5) is 19.1. The molecule has 0 spiro atoms. The number of aliphatic hydroxyl groups is 1. The summed E-state index contributed by atoms with van der Waals surface area (Å²) in [5.41, 5.74) is 0.890. The van der Waals surface area contributed by atoms with Gasteiger partial charge in [-0.3, -0.25) is 4.79 Å². The molecule has 3 heterocycles. The van der Waals surface area contributed by atoms with Crippen molar-refractivity contribution in [3.05, 3.63) is 41.9 Å². The number of carbonyl (C=O) groups excluding carboxylic acids is 1. The number of hydrogen-bond donors (Lipinski definition) is 1. The summed E-state index contributed by atoms with van der Waals surface area (Å²) >= 11 is 0. The molecule has 4 rings (SSSR count). The number of hydrogen-bond acceptors (Lipinski definition) is 4. The summed E-state index contributed by atoms with van der Waals surface area (Å²) in [7, 11) is 0. The molecule has 1 aliphatic carbocycles. The summed E-state index contributed by atoms with van der Waals surface area (Å²) < 4.78 is 1.70. The van der Waals surface area contributed by atoms with Crippen LogP contribution in [0.15, 0.2) is 30.6 Å². The quantitative estimate of drug-likeness (QED) is 0.936. The van der Waals surface area contributed by atoms with Gasteiger partial charge in [-0.05, 0) is 44.7 Å². The van der Waals surface area contributed by atoms with Gasteiger partial charge in [0.25, 0.3) is 5.91 Å². The third-order valence-corrected chi connectivity index (χ3v) is 5.34. The maximum atomic E-state index is 12.9. The fraction of sp³-hybridized carbons (Fsp3) is 0.500. The van der Waals surface area contributed by atoms with Crippen molar-refractivity contribution in [3.8, 4) is 5.82 Å². The molecule has 2 aliphatic rings. The molecule has 2 fully saturated rings. The molecule has 0 aromatic carbocycles. The van der Waals surface area contributed by atoms with E-state index >= 15 is 0 Å². The predicted molar refractivity (Wildman–Crippen MR) is 88.9 cm³/mol. The van der Waals surface area contributed by atoms with Gasteiger partial charge in [-0.25, -0.2) is 9.67 Å². The van der Waals surface area contributed by atoms with Gasteiger partial charge < -0.3 is 10.0 Å². The Morgan fingerprint density at radius 2 is 2.21 bits per heavy atom. The van der Waals surface area contributed by atoms with Crippen molar-refractivity contribution < 1.29 is 9.90 Å². The van der Waals surface area contributed by atoms with Crippen molar-refractivity contribution >= 4 is 5.91 Å². The molecule has 1 atom stereocenters. The van der Waals surface area contributed by atoms with E-state index in [0.717, 1.165) is 37.9 Å². The minimum absolute atomic E-state index is 0.00336. The molecule has 1 aliphatic heterocycles. The van der Waals surface area contributed by atoms with Gasteiger partial charge in [-0.15, -0.1) is 0 Å². The number of piperidine rings is 1. The smallest absolute Gasteiger partial charge is 0.257 e. The molecular formula is C18H22N4O2. The van der Waals surface area contributed by atoms with Crippen LogP contribution in [0, 0.1) is 12.8 Å². The number of carbonyl (C=O) groups is 1. The van der Waals surface area contributed by atoms with Crippen molar-refractivity contribution in [3.63, 3.8) is 0 Å². The van der Waals surface area contributed by atoms with Crippen LogP contribution >= 0.6 is 0 Å². The van der Waals surface area contributed by atoms with E-state index in [4.69, 9.17) is 0 Å². The molecule has 126 valence electrons. The Morgan fingerprint density at radius 3 is 2.92 bits per heavy atom. The zero-order chi connectivity index (χ0) is 16.7. The second-order valence-electron chi connectivity index (χ2n) is 6.94. The lowest BCUT2D eigenvalue weighted by molar-refractivity contribution is 0.0282. The van der Waals surface area contributed by atoms with E-state index in [0.29, 0.717) is 17.9 Å². The number of pyridine rings is 1. The standard InChI is InChI=1S/C18H22N4O2/c1-13-15(11-20-22(13)16-6-2-3-9-19-16)17(23)21-10-4-5-14(12-21)18(24)7-8-18/h2-3,6,9,11,14,24H,4-5,7-8,10,12H2,1H3. The molecule has 24 heavy (non-hydrogen) atoms. The van der Waals surface area contributed by atoms with Crippen LogP contribution in [0.5, 0.6) is 0 Å². The van der Waals surface area contributed by atoms with Crippen molar-refractivity contribution in [1.82, 2.24) is 19.7 Å². The van der Waals surface area contributed by atoms with Crippen LogP contribution in [-0.4, -0.2) is 49.4 Å². The normalized spacial score (nSPS) is 22.4. The van der Waals surface area contributed by atoms with Crippen molar-refractivity contribution in [1.29, 1.82) is 0 Å². The molecule has 1 N–H and O–H groups in total. The van der Waals surface area contributed by atoms with Crippen LogP contribution in [0.4, 0.5) is 0 Å². The lowest BCUT2D eigenvalue weighted by Gasteiger charge is -2.35. The van der Waals surface area contributed by atoms with E-state index < -0.39 is 5.60 Å². The van der Waals surface area contributed by atoms with E-state index in [1.807, 2.05) is 30.0 Å². The third-order valence-electron chi connectivity index (χ3n) is 5.34. The second kappa shape index (κ2) is 5.70. The van der Waals surface area contributed by atoms with Gasteiger partial charge in [0.2, 0.25) is 0 Å². The minimum atomic E-state index is -0.522. The fourth-order valence-electron chi connectivity index (χ4n) is 3.64. The van der Waals surface area contributed by atoms with Crippen LogP contribution in [0.3, 0.4) is 0 Å². The highest BCUT2D eigenvalue weighted by molar-refractivity contribution is 5.95. The molecular weight excluding hydrogens is 304 g/mol.